The number of nitrogens with zero attached hydrogens (tertiary/aromatic N) is 1. The molecule has 2 amide bonds. The van der Waals surface area contributed by atoms with E-state index in [4.69, 9.17) is 4.42 Å². The Kier molecular flexibility index (Phi) is 5.57. The fraction of sp³-hybridized carbons (Fsp3) is 0.0500. The molecule has 0 fully saturated rings. The number of carbonyl (C=O) groups is 2. The van der Waals surface area contributed by atoms with Gasteiger partial charge in [0, 0.05) is 5.69 Å². The van der Waals surface area contributed by atoms with E-state index in [1.807, 2.05) is 36.4 Å². The fourth-order valence-electron chi connectivity index (χ4n) is 2.17. The van der Waals surface area contributed by atoms with Gasteiger partial charge in [0.25, 0.3) is 0 Å². The molecule has 0 spiro atoms. The van der Waals surface area contributed by atoms with Crippen LogP contribution in [-0.2, 0) is 16.1 Å². The number of aliphatic imine (C=N–C) groups is 1. The number of hydrogen-bond acceptors (Lipinski definition) is 4. The second-order valence-corrected chi connectivity index (χ2v) is 5.40. The quantitative estimate of drug-likeness (QED) is 0.549. The summed E-state index contributed by atoms with van der Waals surface area (Å²) in [4.78, 5) is 28.0. The molecule has 6 heteroatoms. The Morgan fingerprint density at radius 1 is 0.885 bits per heavy atom. The molecule has 6 nitrogen and oxygen atoms in total. The van der Waals surface area contributed by atoms with Crippen LogP contribution >= 0.6 is 0 Å². The molecule has 130 valence electrons. The molecule has 3 aromatic rings. The van der Waals surface area contributed by atoms with Crippen molar-refractivity contribution >= 4 is 29.4 Å². The molecule has 1 aromatic heterocycles. The van der Waals surface area contributed by atoms with Crippen molar-refractivity contribution in [2.24, 2.45) is 4.99 Å². The van der Waals surface area contributed by atoms with Crippen LogP contribution in [0.4, 0.5) is 11.4 Å². The van der Waals surface area contributed by atoms with Crippen LogP contribution in [0.2, 0.25) is 0 Å². The molecule has 0 aliphatic rings. The fourth-order valence-corrected chi connectivity index (χ4v) is 2.17. The molecule has 2 aromatic carbocycles. The van der Waals surface area contributed by atoms with Crippen LogP contribution in [0.5, 0.6) is 0 Å². The predicted octanol–water partition coefficient (Wildman–Crippen LogP) is 3.29. The first-order valence-corrected chi connectivity index (χ1v) is 8.03. The number of benzene rings is 2. The lowest BCUT2D eigenvalue weighted by atomic mass is 10.3. The number of furan rings is 1. The van der Waals surface area contributed by atoms with Gasteiger partial charge in [-0.15, -0.1) is 0 Å². The number of amides is 2. The molecular weight excluding hydrogens is 330 g/mol. The van der Waals surface area contributed by atoms with Crippen molar-refractivity contribution in [1.82, 2.24) is 5.32 Å². The largest absolute Gasteiger partial charge is 0.458 e. The molecule has 26 heavy (non-hydrogen) atoms. The average Bonchev–Trinajstić information content (AvgIpc) is 3.14. The van der Waals surface area contributed by atoms with E-state index in [-0.39, 0.29) is 6.54 Å². The minimum Gasteiger partial charge on any atom is -0.458 e. The van der Waals surface area contributed by atoms with Gasteiger partial charge in [-0.1, -0.05) is 36.4 Å². The van der Waals surface area contributed by atoms with Crippen molar-refractivity contribution in [3.8, 4) is 0 Å². The maximum absolute atomic E-state index is 11.8. The van der Waals surface area contributed by atoms with E-state index in [0.29, 0.717) is 17.2 Å². The Hall–Kier alpha value is -3.67. The first-order valence-electron chi connectivity index (χ1n) is 8.03. The van der Waals surface area contributed by atoms with Crippen LogP contribution in [0.3, 0.4) is 0 Å². The number of para-hydroxylation sites is 2. The molecule has 0 unspecified atom stereocenters. The van der Waals surface area contributed by atoms with Crippen molar-refractivity contribution in [2.45, 2.75) is 6.54 Å². The smallest absolute Gasteiger partial charge is 0.313 e. The first kappa shape index (κ1) is 17.2. The highest BCUT2D eigenvalue weighted by atomic mass is 16.3. The second-order valence-electron chi connectivity index (χ2n) is 5.40. The van der Waals surface area contributed by atoms with Crippen molar-refractivity contribution in [3.05, 3.63) is 84.3 Å². The zero-order valence-electron chi connectivity index (χ0n) is 13.9. The summed E-state index contributed by atoms with van der Waals surface area (Å²) in [5, 5.41) is 5.04. The van der Waals surface area contributed by atoms with Crippen molar-refractivity contribution in [2.75, 3.05) is 5.32 Å². The highest BCUT2D eigenvalue weighted by molar-refractivity contribution is 6.39. The Morgan fingerprint density at radius 3 is 2.31 bits per heavy atom. The third kappa shape index (κ3) is 4.91. The number of anilines is 1. The molecule has 0 saturated heterocycles. The van der Waals surface area contributed by atoms with Crippen LogP contribution in [0, 0.1) is 0 Å². The topological polar surface area (TPSA) is 83.7 Å². The lowest BCUT2D eigenvalue weighted by Gasteiger charge is -2.05. The summed E-state index contributed by atoms with van der Waals surface area (Å²) in [6, 6.07) is 21.7. The zero-order chi connectivity index (χ0) is 18.2. The van der Waals surface area contributed by atoms with Gasteiger partial charge in [-0.3, -0.25) is 14.6 Å². The second kappa shape index (κ2) is 8.43. The summed E-state index contributed by atoms with van der Waals surface area (Å²) >= 11 is 0. The lowest BCUT2D eigenvalue weighted by Crippen LogP contribution is -2.34. The minimum atomic E-state index is -0.732. The average molecular weight is 347 g/mol. The summed E-state index contributed by atoms with van der Waals surface area (Å²) in [5.41, 5.74) is 1.38. The summed E-state index contributed by atoms with van der Waals surface area (Å²) in [6.07, 6.45) is 1.60. The Balaban J connectivity index is 1.50. The van der Waals surface area contributed by atoms with Gasteiger partial charge >= 0.3 is 11.8 Å². The number of nitrogens with one attached hydrogen (secondary N) is 2. The molecule has 0 bridgehead atoms. The molecule has 3 rings (SSSR count). The molecule has 0 radical (unpaired) electrons. The number of hydrogen-bond donors (Lipinski definition) is 2. The van der Waals surface area contributed by atoms with E-state index in [9.17, 15) is 9.59 Å². The Bertz CT molecular complexity index is 902. The van der Waals surface area contributed by atoms with Crippen LogP contribution in [0.25, 0.3) is 0 Å². The highest BCUT2D eigenvalue weighted by Crippen LogP contribution is 2.11. The monoisotopic (exact) mass is 347 g/mol. The first-order chi connectivity index (χ1) is 12.7. The van der Waals surface area contributed by atoms with Gasteiger partial charge in [-0.2, -0.15) is 0 Å². The van der Waals surface area contributed by atoms with E-state index in [2.05, 4.69) is 15.6 Å². The summed E-state index contributed by atoms with van der Waals surface area (Å²) in [7, 11) is 0. The molecule has 0 atom stereocenters. The van der Waals surface area contributed by atoms with Crippen molar-refractivity contribution < 1.29 is 14.0 Å². The zero-order valence-corrected chi connectivity index (χ0v) is 13.9. The maximum atomic E-state index is 11.8. The number of carbonyl (C=O) groups excluding carboxylic acids is 2. The number of rotatable bonds is 5. The summed E-state index contributed by atoms with van der Waals surface area (Å²) in [5.74, 6) is -0.370. The third-order valence-electron chi connectivity index (χ3n) is 3.44. The lowest BCUT2D eigenvalue weighted by molar-refractivity contribution is -0.136. The van der Waals surface area contributed by atoms with Gasteiger partial charge in [0.2, 0.25) is 0 Å². The van der Waals surface area contributed by atoms with Crippen LogP contribution in [0.15, 0.2) is 82.2 Å². The summed E-state index contributed by atoms with van der Waals surface area (Å²) < 4.78 is 5.56. The van der Waals surface area contributed by atoms with Gasteiger partial charge in [0.1, 0.15) is 11.5 Å². The normalized spacial score (nSPS) is 10.6. The van der Waals surface area contributed by atoms with E-state index >= 15 is 0 Å². The maximum Gasteiger partial charge on any atom is 0.313 e. The van der Waals surface area contributed by atoms with Crippen LogP contribution in [0.1, 0.15) is 11.5 Å². The van der Waals surface area contributed by atoms with Gasteiger partial charge in [-0.05, 0) is 36.4 Å². The van der Waals surface area contributed by atoms with E-state index in [1.165, 1.54) is 0 Å². The molecular formula is C20H17N3O3. The molecule has 2 N–H and O–H groups in total. The predicted molar refractivity (Wildman–Crippen MR) is 99.3 cm³/mol. The third-order valence-corrected chi connectivity index (χ3v) is 3.44. The minimum absolute atomic E-state index is 0.111. The van der Waals surface area contributed by atoms with Crippen LogP contribution in [-0.4, -0.2) is 18.0 Å². The molecule has 1 heterocycles. The van der Waals surface area contributed by atoms with Gasteiger partial charge in [0.05, 0.1) is 18.4 Å². The van der Waals surface area contributed by atoms with Gasteiger partial charge in [0.15, 0.2) is 0 Å². The summed E-state index contributed by atoms with van der Waals surface area (Å²) in [6.45, 7) is 0.111. The van der Waals surface area contributed by atoms with Gasteiger partial charge < -0.3 is 15.1 Å². The standard InChI is InChI=1S/C20H17N3O3/c24-19(20(25)23-16-9-5-2-6-10-16)22-14-18-12-11-17(26-18)13-21-15-7-3-1-4-8-15/h1-13H,14H2,(H,22,24)(H,23,25). The molecule has 0 aliphatic carbocycles. The highest BCUT2D eigenvalue weighted by Gasteiger charge is 2.13. The van der Waals surface area contributed by atoms with Crippen molar-refractivity contribution in [3.63, 3.8) is 0 Å². The molecule has 0 aliphatic heterocycles. The molecule has 0 saturated carbocycles. The Labute approximate surface area is 150 Å². The van der Waals surface area contributed by atoms with E-state index in [1.54, 1.807) is 42.6 Å². The van der Waals surface area contributed by atoms with E-state index < -0.39 is 11.8 Å². The van der Waals surface area contributed by atoms with Crippen LogP contribution < -0.4 is 10.6 Å². The Morgan fingerprint density at radius 2 is 1.58 bits per heavy atom. The van der Waals surface area contributed by atoms with E-state index in [0.717, 1.165) is 5.69 Å². The SMILES string of the molecule is O=C(NCc1ccc(C=Nc2ccccc2)o1)C(=O)Nc1ccccc1. The van der Waals surface area contributed by atoms with Gasteiger partial charge in [-0.25, -0.2) is 0 Å². The van der Waals surface area contributed by atoms with Crippen molar-refractivity contribution in [1.29, 1.82) is 0 Å².